The number of amides is 2. The molecule has 6 nitrogen and oxygen atoms in total. The van der Waals surface area contributed by atoms with Crippen LogP contribution in [0.3, 0.4) is 0 Å². The van der Waals surface area contributed by atoms with Crippen LogP contribution in [0.5, 0.6) is 0 Å². The second-order valence-electron chi connectivity index (χ2n) is 6.77. The first-order valence-electron chi connectivity index (χ1n) is 9.55. The zero-order valence-electron chi connectivity index (χ0n) is 16.7. The van der Waals surface area contributed by atoms with E-state index in [0.29, 0.717) is 23.5 Å². The van der Waals surface area contributed by atoms with Gasteiger partial charge in [0.05, 0.1) is 11.9 Å². The van der Waals surface area contributed by atoms with Gasteiger partial charge >= 0.3 is 0 Å². The van der Waals surface area contributed by atoms with Crippen LogP contribution in [0.2, 0.25) is 0 Å². The molecule has 1 atom stereocenters. The monoisotopic (exact) mass is 471 g/mol. The van der Waals surface area contributed by atoms with E-state index in [1.54, 1.807) is 61.5 Å². The smallest absolute Gasteiger partial charge is 0.242 e. The molecule has 0 heterocycles. The Hall–Kier alpha value is -2.80. The molecule has 2 aromatic rings. The summed E-state index contributed by atoms with van der Waals surface area (Å²) in [4.78, 5) is 49.1. The molecule has 0 aliphatic heterocycles. The molecule has 2 N–H and O–H groups in total. The summed E-state index contributed by atoms with van der Waals surface area (Å²) in [5.41, 5.74) is 1.07. The number of nitrogens with one attached hydrogen (secondary N) is 2. The van der Waals surface area contributed by atoms with Crippen LogP contribution in [0.15, 0.2) is 60.7 Å². The molecule has 0 fully saturated rings. The molecule has 157 valence electrons. The van der Waals surface area contributed by atoms with Gasteiger partial charge in [0.2, 0.25) is 11.8 Å². The van der Waals surface area contributed by atoms with Crippen molar-refractivity contribution in [2.24, 2.45) is 0 Å². The Kier molecular flexibility index (Phi) is 9.41. The SMILES string of the molecule is C[C](CCC(NC(=O)CBr)C(=O)NCC(=O)c1ccccc1)C(=O)c1ccccc1. The van der Waals surface area contributed by atoms with E-state index in [-0.39, 0.29) is 35.8 Å². The van der Waals surface area contributed by atoms with Gasteiger partial charge in [-0.2, -0.15) is 0 Å². The number of hydrogen-bond donors (Lipinski definition) is 2. The minimum Gasteiger partial charge on any atom is -0.347 e. The van der Waals surface area contributed by atoms with Gasteiger partial charge in [0, 0.05) is 17.0 Å². The van der Waals surface area contributed by atoms with E-state index in [4.69, 9.17) is 0 Å². The Balaban J connectivity index is 1.95. The average Bonchev–Trinajstić information content (AvgIpc) is 2.80. The van der Waals surface area contributed by atoms with Gasteiger partial charge in [0.25, 0.3) is 0 Å². The zero-order chi connectivity index (χ0) is 21.9. The Morgan fingerprint density at radius 1 is 0.900 bits per heavy atom. The molecular formula is C23H24BrN2O4. The van der Waals surface area contributed by atoms with Crippen LogP contribution in [-0.2, 0) is 9.59 Å². The molecule has 2 amide bonds. The van der Waals surface area contributed by atoms with Gasteiger partial charge < -0.3 is 10.6 Å². The van der Waals surface area contributed by atoms with Crippen molar-refractivity contribution in [3.8, 4) is 0 Å². The van der Waals surface area contributed by atoms with Gasteiger partial charge in [-0.25, -0.2) is 0 Å². The molecule has 7 heteroatoms. The van der Waals surface area contributed by atoms with Gasteiger partial charge in [-0.3, -0.25) is 19.2 Å². The van der Waals surface area contributed by atoms with Crippen molar-refractivity contribution in [2.45, 2.75) is 25.8 Å². The van der Waals surface area contributed by atoms with Gasteiger partial charge in [0.1, 0.15) is 6.04 Å². The highest BCUT2D eigenvalue weighted by Crippen LogP contribution is 2.17. The molecule has 2 aromatic carbocycles. The quantitative estimate of drug-likeness (QED) is 0.388. The molecule has 0 aromatic heterocycles. The summed E-state index contributed by atoms with van der Waals surface area (Å²) < 4.78 is 0. The normalized spacial score (nSPS) is 11.6. The van der Waals surface area contributed by atoms with E-state index < -0.39 is 11.9 Å². The zero-order valence-corrected chi connectivity index (χ0v) is 18.3. The molecule has 0 aliphatic carbocycles. The maximum absolute atomic E-state index is 12.6. The van der Waals surface area contributed by atoms with Gasteiger partial charge in [-0.15, -0.1) is 0 Å². The van der Waals surface area contributed by atoms with Crippen molar-refractivity contribution >= 4 is 39.3 Å². The molecule has 1 radical (unpaired) electrons. The average molecular weight is 472 g/mol. The molecule has 2 rings (SSSR count). The van der Waals surface area contributed by atoms with Crippen LogP contribution in [-0.4, -0.2) is 41.3 Å². The predicted octanol–water partition coefficient (Wildman–Crippen LogP) is 3.12. The summed E-state index contributed by atoms with van der Waals surface area (Å²) in [6.45, 7) is 1.55. The van der Waals surface area contributed by atoms with E-state index in [0.717, 1.165) is 0 Å². The fraction of sp³-hybridized carbons (Fsp3) is 0.261. The molecule has 0 saturated carbocycles. The van der Waals surface area contributed by atoms with Crippen LogP contribution >= 0.6 is 15.9 Å². The number of alkyl halides is 1. The number of Topliss-reactive ketones (excluding diaryl/α,β-unsaturated/α-hetero) is 2. The second kappa shape index (κ2) is 12.0. The lowest BCUT2D eigenvalue weighted by atomic mass is 9.93. The highest BCUT2D eigenvalue weighted by atomic mass is 79.9. The molecule has 1 unspecified atom stereocenters. The summed E-state index contributed by atoms with van der Waals surface area (Å²) in [5.74, 6) is -0.546. The fourth-order valence-electron chi connectivity index (χ4n) is 2.83. The van der Waals surface area contributed by atoms with Crippen molar-refractivity contribution in [3.05, 3.63) is 77.7 Å². The molecule has 0 saturated heterocycles. The Bertz CT molecular complexity index is 871. The lowest BCUT2D eigenvalue weighted by Crippen LogP contribution is -2.48. The topological polar surface area (TPSA) is 92.3 Å². The first-order valence-corrected chi connectivity index (χ1v) is 10.7. The molecule has 0 spiro atoms. The van der Waals surface area contributed by atoms with Crippen molar-refractivity contribution in [2.75, 3.05) is 11.9 Å². The third-order valence-electron chi connectivity index (χ3n) is 4.52. The van der Waals surface area contributed by atoms with Crippen LogP contribution in [0, 0.1) is 5.92 Å². The van der Waals surface area contributed by atoms with E-state index >= 15 is 0 Å². The van der Waals surface area contributed by atoms with Crippen LogP contribution in [0.4, 0.5) is 0 Å². The lowest BCUT2D eigenvalue weighted by Gasteiger charge is -2.19. The van der Waals surface area contributed by atoms with Gasteiger partial charge in [-0.05, 0) is 12.8 Å². The highest BCUT2D eigenvalue weighted by molar-refractivity contribution is 9.09. The van der Waals surface area contributed by atoms with Crippen molar-refractivity contribution in [1.29, 1.82) is 0 Å². The van der Waals surface area contributed by atoms with Gasteiger partial charge in [0.15, 0.2) is 11.6 Å². The maximum Gasteiger partial charge on any atom is 0.242 e. The van der Waals surface area contributed by atoms with E-state index in [1.807, 2.05) is 6.07 Å². The van der Waals surface area contributed by atoms with E-state index in [2.05, 4.69) is 26.6 Å². The first-order chi connectivity index (χ1) is 14.4. The number of rotatable bonds is 11. The van der Waals surface area contributed by atoms with E-state index in [1.165, 1.54) is 0 Å². The minimum atomic E-state index is -0.850. The van der Waals surface area contributed by atoms with Crippen molar-refractivity contribution in [3.63, 3.8) is 0 Å². The first kappa shape index (κ1) is 23.5. The Morgan fingerprint density at radius 2 is 1.47 bits per heavy atom. The van der Waals surface area contributed by atoms with Gasteiger partial charge in [-0.1, -0.05) is 83.5 Å². The highest BCUT2D eigenvalue weighted by Gasteiger charge is 2.24. The number of ketones is 2. The van der Waals surface area contributed by atoms with Crippen molar-refractivity contribution < 1.29 is 19.2 Å². The van der Waals surface area contributed by atoms with Crippen molar-refractivity contribution in [1.82, 2.24) is 10.6 Å². The summed E-state index contributed by atoms with van der Waals surface area (Å²) in [6, 6.07) is 16.7. The van der Waals surface area contributed by atoms with Crippen LogP contribution in [0.25, 0.3) is 0 Å². The summed E-state index contributed by atoms with van der Waals surface area (Å²) in [5, 5.41) is 5.26. The third kappa shape index (κ3) is 7.22. The number of halogens is 1. The molecule has 0 aliphatic rings. The standard InChI is InChI=1S/C23H24BrN2O4/c1-16(22(29)18-10-6-3-7-11-18)12-13-19(26-21(28)14-24)23(30)25-15-20(27)17-8-4-2-5-9-17/h2-11,19H,12-15H2,1H3,(H,25,30)(H,26,28). The van der Waals surface area contributed by atoms with Crippen LogP contribution in [0.1, 0.15) is 40.5 Å². The number of carbonyl (C=O) groups excluding carboxylic acids is 4. The second-order valence-corrected chi connectivity index (χ2v) is 7.34. The third-order valence-corrected chi connectivity index (χ3v) is 5.03. The fourth-order valence-corrected chi connectivity index (χ4v) is 2.99. The molecule has 0 bridgehead atoms. The number of benzene rings is 2. The number of hydrogen-bond acceptors (Lipinski definition) is 4. The summed E-state index contributed by atoms with van der Waals surface area (Å²) in [7, 11) is 0. The Labute approximate surface area is 184 Å². The number of carbonyl (C=O) groups is 4. The van der Waals surface area contributed by atoms with Crippen LogP contribution < -0.4 is 10.6 Å². The molecular weight excluding hydrogens is 448 g/mol. The maximum atomic E-state index is 12.6. The molecule has 30 heavy (non-hydrogen) atoms. The lowest BCUT2D eigenvalue weighted by molar-refractivity contribution is -0.127. The predicted molar refractivity (Wildman–Crippen MR) is 118 cm³/mol. The summed E-state index contributed by atoms with van der Waals surface area (Å²) in [6.07, 6.45) is 0.579. The summed E-state index contributed by atoms with van der Waals surface area (Å²) >= 11 is 3.06. The minimum absolute atomic E-state index is 0.0470. The van der Waals surface area contributed by atoms with E-state index in [9.17, 15) is 19.2 Å². The largest absolute Gasteiger partial charge is 0.347 e. The Morgan fingerprint density at radius 3 is 2.03 bits per heavy atom.